The Hall–Kier alpha value is -1.93. The Bertz CT molecular complexity index is 482. The first-order valence-electron chi connectivity index (χ1n) is 6.57. The van der Waals surface area contributed by atoms with Gasteiger partial charge < -0.3 is 15.1 Å². The smallest absolute Gasteiger partial charge is 0.331 e. The number of likely N-dealkylation sites (tertiary alicyclic amines) is 1. The summed E-state index contributed by atoms with van der Waals surface area (Å²) in [5.41, 5.74) is 2.21. The minimum Gasteiger partial charge on any atom is -0.471 e. The van der Waals surface area contributed by atoms with E-state index in [1.165, 1.54) is 18.6 Å². The molecule has 0 saturated carbocycles. The van der Waals surface area contributed by atoms with Crippen LogP contribution in [0, 0.1) is 10.1 Å². The number of nitrogens with two attached hydrogens (primary N) is 1. The number of rotatable bonds is 5. The van der Waals surface area contributed by atoms with E-state index in [0.29, 0.717) is 12.4 Å². The number of anilines is 1. The SMILES string of the molecule is CN1CCCCC1COc1nc(NN)ccc1[N+](=O)[O-]. The highest BCUT2D eigenvalue weighted by atomic mass is 16.6. The number of nitro groups is 1. The van der Waals surface area contributed by atoms with Gasteiger partial charge in [-0.15, -0.1) is 0 Å². The Morgan fingerprint density at radius 2 is 2.40 bits per heavy atom. The summed E-state index contributed by atoms with van der Waals surface area (Å²) in [6.45, 7) is 1.41. The van der Waals surface area contributed by atoms with E-state index in [2.05, 4.69) is 15.3 Å². The van der Waals surface area contributed by atoms with Crippen LogP contribution in [0.4, 0.5) is 11.5 Å². The van der Waals surface area contributed by atoms with Gasteiger partial charge in [-0.05, 0) is 32.5 Å². The molecule has 20 heavy (non-hydrogen) atoms. The van der Waals surface area contributed by atoms with E-state index in [1.807, 2.05) is 7.05 Å². The van der Waals surface area contributed by atoms with Crippen LogP contribution in [0.2, 0.25) is 0 Å². The van der Waals surface area contributed by atoms with Crippen molar-refractivity contribution in [1.29, 1.82) is 0 Å². The average molecular weight is 281 g/mol. The van der Waals surface area contributed by atoms with Crippen LogP contribution in [-0.2, 0) is 0 Å². The summed E-state index contributed by atoms with van der Waals surface area (Å²) in [5.74, 6) is 5.60. The predicted octanol–water partition coefficient (Wildman–Crippen LogP) is 1.14. The topological polar surface area (TPSA) is 107 Å². The maximum Gasteiger partial charge on any atom is 0.331 e. The number of ether oxygens (including phenoxy) is 1. The molecule has 8 nitrogen and oxygen atoms in total. The summed E-state index contributed by atoms with van der Waals surface area (Å²) in [6, 6.07) is 3.04. The molecule has 1 fully saturated rings. The van der Waals surface area contributed by atoms with Crippen molar-refractivity contribution >= 4 is 11.5 Å². The average Bonchev–Trinajstić information content (AvgIpc) is 2.46. The molecule has 0 radical (unpaired) electrons. The van der Waals surface area contributed by atoms with Gasteiger partial charge in [0.25, 0.3) is 5.88 Å². The molecule has 0 aromatic carbocycles. The van der Waals surface area contributed by atoms with Crippen molar-refractivity contribution in [2.24, 2.45) is 5.84 Å². The van der Waals surface area contributed by atoms with Crippen LogP contribution in [0.5, 0.6) is 5.88 Å². The number of hydrogen-bond acceptors (Lipinski definition) is 7. The first-order valence-corrected chi connectivity index (χ1v) is 6.57. The van der Waals surface area contributed by atoms with E-state index in [1.54, 1.807) is 0 Å². The van der Waals surface area contributed by atoms with Crippen molar-refractivity contribution in [1.82, 2.24) is 9.88 Å². The van der Waals surface area contributed by atoms with Crippen LogP contribution >= 0.6 is 0 Å². The van der Waals surface area contributed by atoms with Crippen LogP contribution in [0.25, 0.3) is 0 Å². The molecule has 8 heteroatoms. The van der Waals surface area contributed by atoms with Gasteiger partial charge >= 0.3 is 5.69 Å². The first-order chi connectivity index (χ1) is 9.61. The van der Waals surface area contributed by atoms with Gasteiger partial charge in [0, 0.05) is 12.1 Å². The Kier molecular flexibility index (Phi) is 4.70. The molecule has 0 aliphatic carbocycles. The Labute approximate surface area is 117 Å². The lowest BCUT2D eigenvalue weighted by molar-refractivity contribution is -0.386. The van der Waals surface area contributed by atoms with Crippen LogP contribution in [-0.4, -0.2) is 41.0 Å². The lowest BCUT2D eigenvalue weighted by Crippen LogP contribution is -2.40. The van der Waals surface area contributed by atoms with Gasteiger partial charge in [-0.2, -0.15) is 4.98 Å². The highest BCUT2D eigenvalue weighted by Crippen LogP contribution is 2.27. The number of nitrogen functional groups attached to an aromatic ring is 1. The fourth-order valence-corrected chi connectivity index (χ4v) is 2.29. The Morgan fingerprint density at radius 1 is 1.60 bits per heavy atom. The van der Waals surface area contributed by atoms with E-state index < -0.39 is 4.92 Å². The molecule has 0 spiro atoms. The highest BCUT2D eigenvalue weighted by molar-refractivity contribution is 5.48. The monoisotopic (exact) mass is 281 g/mol. The van der Waals surface area contributed by atoms with E-state index in [-0.39, 0.29) is 17.6 Å². The van der Waals surface area contributed by atoms with Gasteiger partial charge in [-0.3, -0.25) is 10.1 Å². The molecular formula is C12H19N5O3. The molecule has 3 N–H and O–H groups in total. The third kappa shape index (κ3) is 3.34. The molecule has 1 aliphatic rings. The van der Waals surface area contributed by atoms with E-state index in [4.69, 9.17) is 10.6 Å². The molecular weight excluding hydrogens is 262 g/mol. The maximum absolute atomic E-state index is 11.0. The molecule has 1 aromatic rings. The lowest BCUT2D eigenvalue weighted by Gasteiger charge is -2.31. The van der Waals surface area contributed by atoms with Crippen LogP contribution in [0.1, 0.15) is 19.3 Å². The summed E-state index contributed by atoms with van der Waals surface area (Å²) in [5, 5.41) is 11.0. The molecule has 1 aromatic heterocycles. The standard InChI is InChI=1S/C12H19N5O3/c1-16-7-3-2-4-9(16)8-20-12-10(17(18)19)5-6-11(14-12)15-13/h5-6,9H,2-4,7-8,13H2,1H3,(H,14,15). The van der Waals surface area contributed by atoms with E-state index in [0.717, 1.165) is 19.4 Å². The number of piperidine rings is 1. The second kappa shape index (κ2) is 6.49. The number of hydrogen-bond donors (Lipinski definition) is 2. The van der Waals surface area contributed by atoms with Gasteiger partial charge in [0.1, 0.15) is 12.4 Å². The largest absolute Gasteiger partial charge is 0.471 e. The highest BCUT2D eigenvalue weighted by Gasteiger charge is 2.23. The van der Waals surface area contributed by atoms with Gasteiger partial charge in [-0.25, -0.2) is 5.84 Å². The summed E-state index contributed by atoms with van der Waals surface area (Å²) in [6.07, 6.45) is 3.36. The van der Waals surface area contributed by atoms with E-state index in [9.17, 15) is 10.1 Å². The number of pyridine rings is 1. The third-order valence-electron chi connectivity index (χ3n) is 3.52. The Morgan fingerprint density at radius 3 is 3.05 bits per heavy atom. The second-order valence-electron chi connectivity index (χ2n) is 4.86. The summed E-state index contributed by atoms with van der Waals surface area (Å²) in [4.78, 5) is 16.7. The molecule has 1 unspecified atom stereocenters. The second-order valence-corrected chi connectivity index (χ2v) is 4.86. The molecule has 0 amide bonds. The van der Waals surface area contributed by atoms with Gasteiger partial charge in [0.2, 0.25) is 0 Å². The molecule has 1 saturated heterocycles. The predicted molar refractivity (Wildman–Crippen MR) is 74.5 cm³/mol. The summed E-state index contributed by atoms with van der Waals surface area (Å²) < 4.78 is 5.56. The molecule has 1 aliphatic heterocycles. The number of hydrazine groups is 1. The minimum absolute atomic E-state index is 0.00410. The fourth-order valence-electron chi connectivity index (χ4n) is 2.29. The summed E-state index contributed by atoms with van der Waals surface area (Å²) >= 11 is 0. The molecule has 2 rings (SSSR count). The lowest BCUT2D eigenvalue weighted by atomic mass is 10.0. The molecule has 0 bridgehead atoms. The van der Waals surface area contributed by atoms with Crippen molar-refractivity contribution in [2.75, 3.05) is 25.6 Å². The van der Waals surface area contributed by atoms with Crippen LogP contribution < -0.4 is 16.0 Å². The van der Waals surface area contributed by atoms with Crippen molar-refractivity contribution in [3.8, 4) is 5.88 Å². The van der Waals surface area contributed by atoms with Gasteiger partial charge in [-0.1, -0.05) is 6.42 Å². The van der Waals surface area contributed by atoms with Crippen molar-refractivity contribution in [2.45, 2.75) is 25.3 Å². The minimum atomic E-state index is -0.507. The number of aromatic nitrogens is 1. The number of likely N-dealkylation sites (N-methyl/N-ethyl adjacent to an activating group) is 1. The van der Waals surface area contributed by atoms with Gasteiger partial charge in [0.05, 0.1) is 4.92 Å². The van der Waals surface area contributed by atoms with Crippen LogP contribution in [0.3, 0.4) is 0 Å². The number of nitrogens with one attached hydrogen (secondary N) is 1. The zero-order chi connectivity index (χ0) is 14.5. The van der Waals surface area contributed by atoms with E-state index >= 15 is 0 Å². The maximum atomic E-state index is 11.0. The first kappa shape index (κ1) is 14.5. The van der Waals surface area contributed by atoms with Crippen LogP contribution in [0.15, 0.2) is 12.1 Å². The molecule has 110 valence electrons. The Balaban J connectivity index is 2.08. The van der Waals surface area contributed by atoms with Crippen molar-refractivity contribution < 1.29 is 9.66 Å². The number of nitrogens with zero attached hydrogens (tertiary/aromatic N) is 3. The fraction of sp³-hybridized carbons (Fsp3) is 0.583. The zero-order valence-corrected chi connectivity index (χ0v) is 11.4. The third-order valence-corrected chi connectivity index (χ3v) is 3.52. The molecule has 2 heterocycles. The quantitative estimate of drug-likeness (QED) is 0.473. The summed E-state index contributed by atoms with van der Waals surface area (Å²) in [7, 11) is 2.03. The zero-order valence-electron chi connectivity index (χ0n) is 11.4. The van der Waals surface area contributed by atoms with Crippen molar-refractivity contribution in [3.05, 3.63) is 22.2 Å². The van der Waals surface area contributed by atoms with Crippen molar-refractivity contribution in [3.63, 3.8) is 0 Å². The van der Waals surface area contributed by atoms with Gasteiger partial charge in [0.15, 0.2) is 0 Å². The molecule has 1 atom stereocenters. The normalized spacial score (nSPS) is 19.6.